The molecule has 2 atom stereocenters. The van der Waals surface area contributed by atoms with E-state index in [2.05, 4.69) is 21.0 Å². The van der Waals surface area contributed by atoms with Crippen LogP contribution in [-0.2, 0) is 4.79 Å². The second-order valence-corrected chi connectivity index (χ2v) is 8.09. The molecule has 2 unspecified atom stereocenters. The van der Waals surface area contributed by atoms with Crippen LogP contribution < -0.4 is 10.3 Å². The fraction of sp³-hybridized carbons (Fsp3) is 0.333. The highest BCUT2D eigenvalue weighted by molar-refractivity contribution is 5.81. The summed E-state index contributed by atoms with van der Waals surface area (Å²) in [4.78, 5) is 38.6. The van der Waals surface area contributed by atoms with Crippen molar-refractivity contribution in [3.05, 3.63) is 75.8 Å². The highest BCUT2D eigenvalue weighted by Crippen LogP contribution is 2.27. The molecule has 0 bridgehead atoms. The molecule has 1 aromatic carbocycles. The zero-order valence-electron chi connectivity index (χ0n) is 18.0. The molecule has 0 saturated carbocycles. The van der Waals surface area contributed by atoms with Crippen LogP contribution >= 0.6 is 0 Å². The molecule has 7 nitrogen and oxygen atoms in total. The SMILES string of the molecule is Cc1cc(C)cc(OC(C)C(=O)N2CCC(c3cc(=O)[nH]c(-c4ccccn4)n3)C2)c1. The van der Waals surface area contributed by atoms with Gasteiger partial charge in [0, 0.05) is 31.3 Å². The molecule has 3 aromatic rings. The van der Waals surface area contributed by atoms with E-state index in [-0.39, 0.29) is 17.4 Å². The van der Waals surface area contributed by atoms with Gasteiger partial charge in [-0.25, -0.2) is 4.98 Å². The van der Waals surface area contributed by atoms with Crippen molar-refractivity contribution in [1.82, 2.24) is 19.9 Å². The number of aromatic nitrogens is 3. The fourth-order valence-corrected chi connectivity index (χ4v) is 4.02. The lowest BCUT2D eigenvalue weighted by atomic mass is 10.0. The third-order valence-electron chi connectivity index (χ3n) is 5.44. The number of nitrogens with zero attached hydrogens (tertiary/aromatic N) is 3. The number of hydrogen-bond acceptors (Lipinski definition) is 5. The zero-order chi connectivity index (χ0) is 22.0. The maximum absolute atomic E-state index is 13.0. The van der Waals surface area contributed by atoms with Gasteiger partial charge in [0.05, 0.1) is 5.69 Å². The minimum absolute atomic E-state index is 0.00197. The summed E-state index contributed by atoms with van der Waals surface area (Å²) in [6.45, 7) is 6.91. The van der Waals surface area contributed by atoms with Gasteiger partial charge in [-0.2, -0.15) is 0 Å². The number of nitrogens with one attached hydrogen (secondary N) is 1. The first-order valence-corrected chi connectivity index (χ1v) is 10.5. The van der Waals surface area contributed by atoms with Crippen molar-refractivity contribution in [1.29, 1.82) is 0 Å². The van der Waals surface area contributed by atoms with E-state index in [1.807, 2.05) is 38.1 Å². The van der Waals surface area contributed by atoms with Crippen LogP contribution in [0, 0.1) is 13.8 Å². The first-order valence-electron chi connectivity index (χ1n) is 10.5. The fourth-order valence-electron chi connectivity index (χ4n) is 4.02. The highest BCUT2D eigenvalue weighted by Gasteiger charge is 2.32. The Kier molecular flexibility index (Phi) is 5.84. The van der Waals surface area contributed by atoms with E-state index in [1.165, 1.54) is 6.07 Å². The molecule has 1 aliphatic rings. The normalized spacial score (nSPS) is 16.9. The van der Waals surface area contributed by atoms with Crippen molar-refractivity contribution in [3.8, 4) is 17.3 Å². The molecule has 3 heterocycles. The third-order valence-corrected chi connectivity index (χ3v) is 5.44. The van der Waals surface area contributed by atoms with Crippen LogP contribution in [0.25, 0.3) is 11.5 Å². The van der Waals surface area contributed by atoms with Crippen LogP contribution in [0.3, 0.4) is 0 Å². The third kappa shape index (κ3) is 4.82. The Labute approximate surface area is 181 Å². The van der Waals surface area contributed by atoms with Crippen LogP contribution in [0.15, 0.2) is 53.5 Å². The zero-order valence-corrected chi connectivity index (χ0v) is 18.0. The number of H-pyrrole nitrogens is 1. The Balaban J connectivity index is 1.46. The van der Waals surface area contributed by atoms with Crippen LogP contribution in [0.5, 0.6) is 5.75 Å². The molecule has 1 fully saturated rings. The molecule has 1 N–H and O–H groups in total. The summed E-state index contributed by atoms with van der Waals surface area (Å²) < 4.78 is 5.92. The van der Waals surface area contributed by atoms with Gasteiger partial charge in [0.25, 0.3) is 11.5 Å². The lowest BCUT2D eigenvalue weighted by Gasteiger charge is -2.22. The predicted molar refractivity (Wildman–Crippen MR) is 118 cm³/mol. The summed E-state index contributed by atoms with van der Waals surface area (Å²) in [6, 6.07) is 12.9. The maximum atomic E-state index is 13.0. The van der Waals surface area contributed by atoms with E-state index in [4.69, 9.17) is 4.74 Å². The maximum Gasteiger partial charge on any atom is 0.263 e. The average molecular weight is 418 g/mol. The Morgan fingerprint density at radius 2 is 1.97 bits per heavy atom. The number of likely N-dealkylation sites (tertiary alicyclic amines) is 1. The van der Waals surface area contributed by atoms with Gasteiger partial charge in [-0.1, -0.05) is 12.1 Å². The molecule has 0 spiro atoms. The molecule has 0 aliphatic carbocycles. The molecule has 7 heteroatoms. The molecule has 2 aromatic heterocycles. The molecule has 1 aliphatic heterocycles. The largest absolute Gasteiger partial charge is 0.481 e. The summed E-state index contributed by atoms with van der Waals surface area (Å²) >= 11 is 0. The van der Waals surface area contributed by atoms with Crippen LogP contribution in [-0.4, -0.2) is 45.0 Å². The Bertz CT molecular complexity index is 1120. The standard InChI is InChI=1S/C24H26N4O3/c1-15-10-16(2)12-19(11-15)31-17(3)24(30)28-9-7-18(14-28)21-13-22(29)27-23(26-21)20-6-4-5-8-25-20/h4-6,8,10-13,17-18H,7,9,14H2,1-3H3,(H,26,27,29). The van der Waals surface area contributed by atoms with Crippen molar-refractivity contribution in [2.24, 2.45) is 0 Å². The quantitative estimate of drug-likeness (QED) is 0.687. The number of rotatable bonds is 5. The van der Waals surface area contributed by atoms with Gasteiger partial charge >= 0.3 is 0 Å². The number of aromatic amines is 1. The van der Waals surface area contributed by atoms with Gasteiger partial charge in [-0.05, 0) is 62.6 Å². The van der Waals surface area contributed by atoms with Crippen molar-refractivity contribution in [3.63, 3.8) is 0 Å². The van der Waals surface area contributed by atoms with Crippen LogP contribution in [0.1, 0.15) is 36.1 Å². The number of hydrogen-bond donors (Lipinski definition) is 1. The highest BCUT2D eigenvalue weighted by atomic mass is 16.5. The van der Waals surface area contributed by atoms with Gasteiger partial charge in [0.15, 0.2) is 11.9 Å². The minimum atomic E-state index is -0.587. The smallest absolute Gasteiger partial charge is 0.263 e. The van der Waals surface area contributed by atoms with E-state index in [0.717, 1.165) is 17.5 Å². The first-order chi connectivity index (χ1) is 14.9. The van der Waals surface area contributed by atoms with E-state index < -0.39 is 6.10 Å². The second-order valence-electron chi connectivity index (χ2n) is 8.09. The number of aryl methyl sites for hydroxylation is 2. The van der Waals surface area contributed by atoms with Crippen molar-refractivity contribution < 1.29 is 9.53 Å². The van der Waals surface area contributed by atoms with Crippen molar-refractivity contribution in [2.45, 2.75) is 39.2 Å². The topological polar surface area (TPSA) is 88.2 Å². The monoisotopic (exact) mass is 418 g/mol. The number of amides is 1. The molecule has 31 heavy (non-hydrogen) atoms. The van der Waals surface area contributed by atoms with E-state index in [9.17, 15) is 9.59 Å². The van der Waals surface area contributed by atoms with Gasteiger partial charge in [0.2, 0.25) is 0 Å². The Hall–Kier alpha value is -3.48. The van der Waals surface area contributed by atoms with Gasteiger partial charge in [0.1, 0.15) is 11.4 Å². The van der Waals surface area contributed by atoms with E-state index >= 15 is 0 Å². The molecule has 0 radical (unpaired) electrons. The molecule has 4 rings (SSSR count). The number of carbonyl (C=O) groups excluding carboxylic acids is 1. The summed E-state index contributed by atoms with van der Waals surface area (Å²) in [5, 5.41) is 0. The number of pyridine rings is 1. The summed E-state index contributed by atoms with van der Waals surface area (Å²) in [7, 11) is 0. The minimum Gasteiger partial charge on any atom is -0.481 e. The van der Waals surface area contributed by atoms with Crippen LogP contribution in [0.2, 0.25) is 0 Å². The number of carbonyl (C=O) groups is 1. The van der Waals surface area contributed by atoms with E-state index in [1.54, 1.807) is 24.1 Å². The summed E-state index contributed by atoms with van der Waals surface area (Å²) in [5.74, 6) is 1.09. The van der Waals surface area contributed by atoms with Crippen LogP contribution in [0.4, 0.5) is 0 Å². The molecular weight excluding hydrogens is 392 g/mol. The van der Waals surface area contributed by atoms with Gasteiger partial charge in [-0.15, -0.1) is 0 Å². The molecule has 160 valence electrons. The molecular formula is C24H26N4O3. The Morgan fingerprint density at radius 1 is 1.19 bits per heavy atom. The molecule has 1 saturated heterocycles. The first kappa shape index (κ1) is 20.8. The lowest BCUT2D eigenvalue weighted by molar-refractivity contribution is -0.136. The lowest BCUT2D eigenvalue weighted by Crippen LogP contribution is -2.39. The van der Waals surface area contributed by atoms with Gasteiger partial charge in [-0.3, -0.25) is 14.6 Å². The average Bonchev–Trinajstić information content (AvgIpc) is 3.23. The number of benzene rings is 1. The van der Waals surface area contributed by atoms with Crippen molar-refractivity contribution >= 4 is 5.91 Å². The summed E-state index contributed by atoms with van der Waals surface area (Å²) in [6.07, 6.45) is 1.83. The van der Waals surface area contributed by atoms with E-state index in [0.29, 0.717) is 36.1 Å². The molecule has 1 amide bonds. The van der Waals surface area contributed by atoms with Crippen molar-refractivity contribution in [2.75, 3.05) is 13.1 Å². The van der Waals surface area contributed by atoms with Gasteiger partial charge < -0.3 is 14.6 Å². The number of ether oxygens (including phenoxy) is 1. The predicted octanol–water partition coefficient (Wildman–Crippen LogP) is 3.23. The second kappa shape index (κ2) is 8.71. The summed E-state index contributed by atoms with van der Waals surface area (Å²) in [5.41, 5.74) is 3.27. The Morgan fingerprint density at radius 3 is 2.68 bits per heavy atom.